The van der Waals surface area contributed by atoms with Crippen LogP contribution in [0.25, 0.3) is 0 Å². The molecule has 114 valence electrons. The molecule has 2 rings (SSSR count). The maximum absolute atomic E-state index is 12.1. The van der Waals surface area contributed by atoms with Crippen LogP contribution < -0.4 is 16.4 Å². The van der Waals surface area contributed by atoms with Crippen LogP contribution in [0.3, 0.4) is 0 Å². The highest BCUT2D eigenvalue weighted by molar-refractivity contribution is 5.91. The van der Waals surface area contributed by atoms with E-state index in [0.29, 0.717) is 11.6 Å². The molecule has 0 unspecified atom stereocenters. The Hall–Kier alpha value is -2.04. The summed E-state index contributed by atoms with van der Waals surface area (Å²) in [5.74, 6) is 0.247. The molecule has 2 atom stereocenters. The molecule has 1 fully saturated rings. The van der Waals surface area contributed by atoms with Gasteiger partial charge in [-0.2, -0.15) is 0 Å². The van der Waals surface area contributed by atoms with Crippen LogP contribution in [0.2, 0.25) is 0 Å². The van der Waals surface area contributed by atoms with Gasteiger partial charge in [0.15, 0.2) is 0 Å². The zero-order valence-corrected chi connectivity index (χ0v) is 12.4. The van der Waals surface area contributed by atoms with Crippen LogP contribution in [0.4, 0.5) is 10.5 Å². The van der Waals surface area contributed by atoms with Gasteiger partial charge in [0.05, 0.1) is 6.42 Å². The van der Waals surface area contributed by atoms with E-state index >= 15 is 0 Å². The molecule has 0 bridgehead atoms. The van der Waals surface area contributed by atoms with E-state index in [9.17, 15) is 9.59 Å². The first kappa shape index (κ1) is 15.4. The third kappa shape index (κ3) is 4.77. The van der Waals surface area contributed by atoms with Gasteiger partial charge in [0.25, 0.3) is 0 Å². The highest BCUT2D eigenvalue weighted by Gasteiger charge is 2.20. The number of primary amides is 1. The lowest BCUT2D eigenvalue weighted by molar-refractivity contribution is -0.117. The number of para-hydroxylation sites is 1. The van der Waals surface area contributed by atoms with Gasteiger partial charge in [-0.05, 0) is 30.4 Å². The quantitative estimate of drug-likeness (QED) is 0.795. The van der Waals surface area contributed by atoms with E-state index in [0.717, 1.165) is 24.8 Å². The summed E-state index contributed by atoms with van der Waals surface area (Å²) in [6.45, 7) is 2.22. The van der Waals surface area contributed by atoms with Crippen LogP contribution in [0.1, 0.15) is 38.2 Å². The van der Waals surface area contributed by atoms with Crippen LogP contribution in [0.5, 0.6) is 0 Å². The Labute approximate surface area is 125 Å². The first-order valence-corrected chi connectivity index (χ1v) is 7.48. The van der Waals surface area contributed by atoms with E-state index in [4.69, 9.17) is 5.73 Å². The molecular weight excluding hydrogens is 266 g/mol. The molecule has 5 heteroatoms. The fourth-order valence-electron chi connectivity index (χ4n) is 2.89. The van der Waals surface area contributed by atoms with Gasteiger partial charge in [0.1, 0.15) is 0 Å². The Morgan fingerprint density at radius 1 is 1.29 bits per heavy atom. The molecule has 0 aromatic heterocycles. The van der Waals surface area contributed by atoms with Gasteiger partial charge in [0, 0.05) is 11.7 Å². The van der Waals surface area contributed by atoms with Gasteiger partial charge in [-0.25, -0.2) is 4.79 Å². The van der Waals surface area contributed by atoms with E-state index in [1.807, 2.05) is 12.1 Å². The minimum absolute atomic E-state index is 0.122. The van der Waals surface area contributed by atoms with Gasteiger partial charge >= 0.3 is 6.03 Å². The van der Waals surface area contributed by atoms with Crippen molar-refractivity contribution in [1.82, 2.24) is 5.32 Å². The molecule has 1 aromatic carbocycles. The lowest BCUT2D eigenvalue weighted by Gasteiger charge is -2.27. The maximum atomic E-state index is 12.1. The van der Waals surface area contributed by atoms with Crippen molar-refractivity contribution in [3.63, 3.8) is 0 Å². The Kier molecular flexibility index (Phi) is 5.20. The number of nitrogens with one attached hydrogen (secondary N) is 2. The van der Waals surface area contributed by atoms with Crippen molar-refractivity contribution in [2.45, 2.75) is 45.1 Å². The number of carbonyl (C=O) groups excluding carboxylic acids is 2. The number of hydrogen-bond donors (Lipinski definition) is 3. The van der Waals surface area contributed by atoms with E-state index < -0.39 is 5.91 Å². The molecule has 1 aliphatic rings. The van der Waals surface area contributed by atoms with Crippen LogP contribution in [0.15, 0.2) is 24.3 Å². The number of urea groups is 1. The molecule has 1 aromatic rings. The molecule has 0 aliphatic heterocycles. The summed E-state index contributed by atoms with van der Waals surface area (Å²) in [4.78, 5) is 23.1. The number of hydrogen-bond acceptors (Lipinski definition) is 2. The number of amides is 3. The summed E-state index contributed by atoms with van der Waals surface area (Å²) in [7, 11) is 0. The van der Waals surface area contributed by atoms with Crippen molar-refractivity contribution in [3.05, 3.63) is 29.8 Å². The van der Waals surface area contributed by atoms with Crippen LogP contribution >= 0.6 is 0 Å². The number of anilines is 1. The van der Waals surface area contributed by atoms with E-state index in [2.05, 4.69) is 17.6 Å². The second-order valence-corrected chi connectivity index (χ2v) is 5.87. The Morgan fingerprint density at radius 3 is 2.76 bits per heavy atom. The van der Waals surface area contributed by atoms with Crippen molar-refractivity contribution >= 4 is 17.6 Å². The maximum Gasteiger partial charge on any atom is 0.319 e. The number of nitrogens with two attached hydrogens (primary N) is 1. The van der Waals surface area contributed by atoms with Gasteiger partial charge in [-0.15, -0.1) is 0 Å². The van der Waals surface area contributed by atoms with Crippen LogP contribution in [0, 0.1) is 5.92 Å². The third-order valence-electron chi connectivity index (χ3n) is 3.90. The van der Waals surface area contributed by atoms with Crippen LogP contribution in [-0.4, -0.2) is 18.0 Å². The summed E-state index contributed by atoms with van der Waals surface area (Å²) in [6, 6.07) is 7.24. The fraction of sp³-hybridized carbons (Fsp3) is 0.500. The summed E-state index contributed by atoms with van der Waals surface area (Å²) in [5, 5.41) is 5.83. The van der Waals surface area contributed by atoms with Crippen molar-refractivity contribution < 1.29 is 9.59 Å². The Morgan fingerprint density at radius 2 is 2.05 bits per heavy atom. The molecule has 0 radical (unpaired) electrons. The largest absolute Gasteiger partial charge is 0.369 e. The van der Waals surface area contributed by atoms with Gasteiger partial charge in [0.2, 0.25) is 5.91 Å². The first-order valence-electron chi connectivity index (χ1n) is 7.48. The average Bonchev–Trinajstić information content (AvgIpc) is 2.40. The second kappa shape index (κ2) is 7.11. The molecule has 5 nitrogen and oxygen atoms in total. The summed E-state index contributed by atoms with van der Waals surface area (Å²) < 4.78 is 0. The molecule has 1 aliphatic carbocycles. The van der Waals surface area contributed by atoms with Gasteiger partial charge in [-0.1, -0.05) is 38.0 Å². The molecule has 0 heterocycles. The molecular formula is C16H23N3O2. The van der Waals surface area contributed by atoms with Gasteiger partial charge < -0.3 is 16.4 Å². The zero-order valence-electron chi connectivity index (χ0n) is 12.4. The predicted octanol–water partition coefficient (Wildman–Crippen LogP) is 2.41. The third-order valence-corrected chi connectivity index (χ3v) is 3.90. The van der Waals surface area contributed by atoms with Crippen molar-refractivity contribution in [2.75, 3.05) is 5.32 Å². The normalized spacial score (nSPS) is 21.6. The monoisotopic (exact) mass is 289 g/mol. The lowest BCUT2D eigenvalue weighted by Crippen LogP contribution is -2.40. The fourth-order valence-corrected chi connectivity index (χ4v) is 2.89. The van der Waals surface area contributed by atoms with Gasteiger partial charge in [-0.3, -0.25) is 4.79 Å². The average molecular weight is 289 g/mol. The topological polar surface area (TPSA) is 84.2 Å². The minimum atomic E-state index is -0.411. The second-order valence-electron chi connectivity index (χ2n) is 5.87. The molecule has 4 N–H and O–H groups in total. The molecule has 0 saturated heterocycles. The Balaban J connectivity index is 1.94. The smallest absolute Gasteiger partial charge is 0.319 e. The number of benzene rings is 1. The zero-order chi connectivity index (χ0) is 15.2. The highest BCUT2D eigenvalue weighted by atomic mass is 16.2. The molecule has 3 amide bonds. The highest BCUT2D eigenvalue weighted by Crippen LogP contribution is 2.23. The standard InChI is InChI=1S/C16H23N3O2/c1-11-5-4-7-13(9-11)18-16(21)19-14-8-3-2-6-12(14)10-15(17)20/h2-3,6,8,11,13H,4-5,7,9-10H2,1H3,(H2,17,20)(H2,18,19,21)/t11-,13+/m0/s1. The van der Waals surface area contributed by atoms with E-state index in [-0.39, 0.29) is 18.5 Å². The molecule has 1 saturated carbocycles. The SMILES string of the molecule is C[C@H]1CCC[C@@H](NC(=O)Nc2ccccc2CC(N)=O)C1. The summed E-state index contributed by atoms with van der Waals surface area (Å²) in [6.07, 6.45) is 4.57. The van der Waals surface area contributed by atoms with E-state index in [1.165, 1.54) is 6.42 Å². The summed E-state index contributed by atoms with van der Waals surface area (Å²) >= 11 is 0. The molecule has 21 heavy (non-hydrogen) atoms. The predicted molar refractivity (Wildman–Crippen MR) is 82.9 cm³/mol. The number of carbonyl (C=O) groups is 2. The summed E-state index contributed by atoms with van der Waals surface area (Å²) in [5.41, 5.74) is 6.59. The molecule has 0 spiro atoms. The van der Waals surface area contributed by atoms with Crippen molar-refractivity contribution in [1.29, 1.82) is 0 Å². The van der Waals surface area contributed by atoms with Crippen molar-refractivity contribution in [3.8, 4) is 0 Å². The lowest BCUT2D eigenvalue weighted by atomic mass is 9.87. The van der Waals surface area contributed by atoms with Crippen molar-refractivity contribution in [2.24, 2.45) is 11.7 Å². The van der Waals surface area contributed by atoms with E-state index in [1.54, 1.807) is 12.1 Å². The Bertz CT molecular complexity index is 516. The minimum Gasteiger partial charge on any atom is -0.369 e. The first-order chi connectivity index (χ1) is 10.0. The van der Waals surface area contributed by atoms with Crippen LogP contribution in [-0.2, 0) is 11.2 Å². The number of rotatable bonds is 4.